The monoisotopic (exact) mass is 299 g/mol. The van der Waals surface area contributed by atoms with Crippen molar-refractivity contribution in [1.82, 2.24) is 19.4 Å². The fraction of sp³-hybridized carbons (Fsp3) is 0.438. The van der Waals surface area contributed by atoms with E-state index in [1.54, 1.807) is 11.2 Å². The largest absolute Gasteiger partial charge is 0.369 e. The van der Waals surface area contributed by atoms with Crippen LogP contribution in [0.1, 0.15) is 29.4 Å². The van der Waals surface area contributed by atoms with Crippen molar-refractivity contribution in [3.05, 3.63) is 29.8 Å². The third-order valence-electron chi connectivity index (χ3n) is 4.02. The van der Waals surface area contributed by atoms with Gasteiger partial charge in [0.15, 0.2) is 0 Å². The predicted molar refractivity (Wildman–Crippen MR) is 85.9 cm³/mol. The highest BCUT2D eigenvalue weighted by Gasteiger charge is 2.21. The molecule has 1 aliphatic rings. The van der Waals surface area contributed by atoms with Crippen LogP contribution in [0, 0.1) is 0 Å². The maximum absolute atomic E-state index is 12.5. The van der Waals surface area contributed by atoms with Crippen LogP contribution in [0.25, 0.3) is 11.3 Å². The van der Waals surface area contributed by atoms with Crippen LogP contribution in [0.5, 0.6) is 0 Å². The second-order valence-corrected chi connectivity index (χ2v) is 5.68. The molecule has 1 amide bonds. The molecule has 0 radical (unpaired) electrons. The summed E-state index contributed by atoms with van der Waals surface area (Å²) in [5.41, 5.74) is 3.71. The first kappa shape index (κ1) is 14.6. The van der Waals surface area contributed by atoms with Gasteiger partial charge < -0.3 is 14.8 Å². The number of aromatic nitrogens is 3. The van der Waals surface area contributed by atoms with Gasteiger partial charge in [0.2, 0.25) is 0 Å². The molecule has 0 unspecified atom stereocenters. The summed E-state index contributed by atoms with van der Waals surface area (Å²) in [5.74, 6) is 0.948. The highest BCUT2D eigenvalue weighted by molar-refractivity contribution is 5.94. The Morgan fingerprint density at radius 3 is 3.05 bits per heavy atom. The lowest BCUT2D eigenvalue weighted by Crippen LogP contribution is -2.28. The first-order chi connectivity index (χ1) is 10.6. The number of anilines is 1. The van der Waals surface area contributed by atoms with Crippen molar-refractivity contribution in [2.75, 3.05) is 25.5 Å². The van der Waals surface area contributed by atoms with Crippen LogP contribution < -0.4 is 5.32 Å². The number of nitrogens with one attached hydrogen (secondary N) is 1. The minimum atomic E-state index is 0.0411. The van der Waals surface area contributed by atoms with Crippen LogP contribution in [-0.4, -0.2) is 45.5 Å². The van der Waals surface area contributed by atoms with Crippen molar-refractivity contribution in [2.45, 2.75) is 19.8 Å². The number of carbonyl (C=O) groups is 1. The van der Waals surface area contributed by atoms with Gasteiger partial charge in [-0.1, -0.05) is 6.92 Å². The summed E-state index contributed by atoms with van der Waals surface area (Å²) < 4.78 is 1.88. The minimum absolute atomic E-state index is 0.0411. The van der Waals surface area contributed by atoms with Crippen molar-refractivity contribution < 1.29 is 4.79 Å². The zero-order chi connectivity index (χ0) is 15.7. The lowest BCUT2D eigenvalue weighted by Gasteiger charge is -2.16. The maximum atomic E-state index is 12.5. The summed E-state index contributed by atoms with van der Waals surface area (Å²) in [5, 5.41) is 3.26. The summed E-state index contributed by atoms with van der Waals surface area (Å²) in [6.07, 6.45) is 5.40. The average molecular weight is 299 g/mol. The summed E-state index contributed by atoms with van der Waals surface area (Å²) >= 11 is 0. The molecule has 1 N–H and O–H groups in total. The first-order valence-electron chi connectivity index (χ1n) is 7.61. The van der Waals surface area contributed by atoms with E-state index in [0.29, 0.717) is 5.69 Å². The molecule has 6 heteroatoms. The SMILES string of the molecule is CCCN(C)C(=O)c1cc(-c2ncnc3c2CCN3)cn1C. The highest BCUT2D eigenvalue weighted by atomic mass is 16.2. The topological polar surface area (TPSA) is 63.1 Å². The molecule has 6 nitrogen and oxygen atoms in total. The Morgan fingerprint density at radius 1 is 1.45 bits per heavy atom. The Kier molecular flexibility index (Phi) is 3.83. The predicted octanol–water partition coefficient (Wildman–Crippen LogP) is 1.93. The van der Waals surface area contributed by atoms with Crippen LogP contribution in [0.15, 0.2) is 18.6 Å². The quantitative estimate of drug-likeness (QED) is 0.937. The second-order valence-electron chi connectivity index (χ2n) is 5.68. The van der Waals surface area contributed by atoms with Gasteiger partial charge in [-0.25, -0.2) is 9.97 Å². The maximum Gasteiger partial charge on any atom is 0.270 e. The zero-order valence-electron chi connectivity index (χ0n) is 13.3. The van der Waals surface area contributed by atoms with E-state index < -0.39 is 0 Å². The molecule has 0 aromatic carbocycles. The van der Waals surface area contributed by atoms with Gasteiger partial charge in [-0.2, -0.15) is 0 Å². The Morgan fingerprint density at radius 2 is 2.27 bits per heavy atom. The molecule has 2 aromatic rings. The van der Waals surface area contributed by atoms with Gasteiger partial charge >= 0.3 is 0 Å². The molecule has 0 saturated carbocycles. The molecule has 3 rings (SSSR count). The highest BCUT2D eigenvalue weighted by Crippen LogP contribution is 2.30. The van der Waals surface area contributed by atoms with E-state index in [1.807, 2.05) is 30.9 Å². The molecular formula is C16H21N5O. The third-order valence-corrected chi connectivity index (χ3v) is 4.02. The number of rotatable bonds is 4. The fourth-order valence-corrected chi connectivity index (χ4v) is 2.90. The van der Waals surface area contributed by atoms with Crippen molar-refractivity contribution in [3.8, 4) is 11.3 Å². The number of aryl methyl sites for hydroxylation is 1. The second kappa shape index (κ2) is 5.79. The Bertz CT molecular complexity index is 707. The standard InChI is InChI=1S/C16H21N5O/c1-4-7-20(2)16(22)13-8-11(9-21(13)3)14-12-5-6-17-15(12)19-10-18-14/h8-10H,4-7H2,1-3H3,(H,17,18,19). The minimum Gasteiger partial charge on any atom is -0.369 e. The molecule has 0 aliphatic carbocycles. The van der Waals surface area contributed by atoms with E-state index in [9.17, 15) is 4.79 Å². The van der Waals surface area contributed by atoms with Crippen LogP contribution >= 0.6 is 0 Å². The lowest BCUT2D eigenvalue weighted by molar-refractivity contribution is 0.0786. The number of hydrogen-bond acceptors (Lipinski definition) is 4. The van der Waals surface area contributed by atoms with Crippen LogP contribution in [0.3, 0.4) is 0 Å². The van der Waals surface area contributed by atoms with Gasteiger partial charge in [-0.15, -0.1) is 0 Å². The number of nitrogens with zero attached hydrogens (tertiary/aromatic N) is 4. The van der Waals surface area contributed by atoms with E-state index in [-0.39, 0.29) is 5.91 Å². The number of amides is 1. The van der Waals surface area contributed by atoms with E-state index in [2.05, 4.69) is 22.2 Å². The van der Waals surface area contributed by atoms with Crippen molar-refractivity contribution in [3.63, 3.8) is 0 Å². The summed E-state index contributed by atoms with van der Waals surface area (Å²) in [7, 11) is 3.74. The average Bonchev–Trinajstić information content (AvgIpc) is 3.12. The van der Waals surface area contributed by atoms with Crippen molar-refractivity contribution in [1.29, 1.82) is 0 Å². The Balaban J connectivity index is 1.96. The van der Waals surface area contributed by atoms with Gasteiger partial charge in [0.1, 0.15) is 17.8 Å². The molecule has 1 aliphatic heterocycles. The number of fused-ring (bicyclic) bond motifs is 1. The molecule has 3 heterocycles. The van der Waals surface area contributed by atoms with E-state index in [1.165, 1.54) is 0 Å². The summed E-state index contributed by atoms with van der Waals surface area (Å²) in [6, 6.07) is 1.93. The lowest BCUT2D eigenvalue weighted by atomic mass is 10.1. The number of hydrogen-bond donors (Lipinski definition) is 1. The third kappa shape index (κ3) is 2.45. The van der Waals surface area contributed by atoms with Crippen molar-refractivity contribution in [2.24, 2.45) is 7.05 Å². The molecule has 0 spiro atoms. The molecule has 0 fully saturated rings. The van der Waals surface area contributed by atoms with Gasteiger partial charge in [0, 0.05) is 44.5 Å². The molecule has 0 bridgehead atoms. The van der Waals surface area contributed by atoms with E-state index in [0.717, 1.165) is 48.6 Å². The Labute approximate surface area is 130 Å². The zero-order valence-corrected chi connectivity index (χ0v) is 13.3. The molecule has 2 aromatic heterocycles. The van der Waals surface area contributed by atoms with Gasteiger partial charge in [-0.05, 0) is 18.9 Å². The van der Waals surface area contributed by atoms with Crippen LogP contribution in [-0.2, 0) is 13.5 Å². The number of carbonyl (C=O) groups excluding carboxylic acids is 1. The molecule has 0 atom stereocenters. The Hall–Kier alpha value is -2.37. The first-order valence-corrected chi connectivity index (χ1v) is 7.61. The summed E-state index contributed by atoms with van der Waals surface area (Å²) in [4.78, 5) is 22.9. The van der Waals surface area contributed by atoms with E-state index in [4.69, 9.17) is 0 Å². The van der Waals surface area contributed by atoms with Crippen molar-refractivity contribution >= 4 is 11.7 Å². The molecule has 22 heavy (non-hydrogen) atoms. The molecule has 0 saturated heterocycles. The molecular weight excluding hydrogens is 278 g/mol. The smallest absolute Gasteiger partial charge is 0.270 e. The van der Waals surface area contributed by atoms with E-state index >= 15 is 0 Å². The molecule has 116 valence electrons. The van der Waals surface area contributed by atoms with Gasteiger partial charge in [-0.3, -0.25) is 4.79 Å². The fourth-order valence-electron chi connectivity index (χ4n) is 2.90. The van der Waals surface area contributed by atoms with Gasteiger partial charge in [0.05, 0.1) is 5.69 Å². The van der Waals surface area contributed by atoms with Crippen LogP contribution in [0.4, 0.5) is 5.82 Å². The van der Waals surface area contributed by atoms with Crippen LogP contribution in [0.2, 0.25) is 0 Å². The normalized spacial score (nSPS) is 12.9. The summed E-state index contributed by atoms with van der Waals surface area (Å²) in [6.45, 7) is 3.71. The van der Waals surface area contributed by atoms with Gasteiger partial charge in [0.25, 0.3) is 5.91 Å².